The fourth-order valence-electron chi connectivity index (χ4n) is 2.61. The maximum absolute atomic E-state index is 11.9. The first-order chi connectivity index (χ1) is 11.0. The van der Waals surface area contributed by atoms with Gasteiger partial charge in [0.25, 0.3) is 0 Å². The zero-order chi connectivity index (χ0) is 16.7. The maximum Gasteiger partial charge on any atom is 0.239 e. The molecule has 1 aromatic carbocycles. The predicted molar refractivity (Wildman–Crippen MR) is 89.4 cm³/mol. The van der Waals surface area contributed by atoms with Crippen molar-refractivity contribution in [3.05, 3.63) is 29.8 Å². The van der Waals surface area contributed by atoms with E-state index in [9.17, 15) is 9.59 Å². The number of hydrogen-bond acceptors (Lipinski definition) is 3. The van der Waals surface area contributed by atoms with Crippen molar-refractivity contribution in [2.24, 2.45) is 0 Å². The van der Waals surface area contributed by atoms with Crippen LogP contribution in [-0.2, 0) is 16.0 Å². The van der Waals surface area contributed by atoms with E-state index >= 15 is 0 Å². The third-order valence-electron chi connectivity index (χ3n) is 3.79. The topological polar surface area (TPSA) is 58.6 Å². The van der Waals surface area contributed by atoms with Crippen molar-refractivity contribution in [1.29, 1.82) is 0 Å². The van der Waals surface area contributed by atoms with Crippen molar-refractivity contribution in [3.63, 3.8) is 0 Å². The maximum atomic E-state index is 11.9. The fraction of sp³-hybridized carbons (Fsp3) is 0.556. The summed E-state index contributed by atoms with van der Waals surface area (Å²) in [5, 5.41) is 2.88. The lowest BCUT2D eigenvalue weighted by atomic mass is 10.1. The first kappa shape index (κ1) is 17.3. The Kier molecular flexibility index (Phi) is 6.44. The molecule has 126 valence electrons. The van der Waals surface area contributed by atoms with E-state index < -0.39 is 0 Å². The van der Waals surface area contributed by atoms with Crippen LogP contribution < -0.4 is 10.1 Å². The van der Waals surface area contributed by atoms with Gasteiger partial charge < -0.3 is 15.0 Å². The Morgan fingerprint density at radius 1 is 1.26 bits per heavy atom. The molecule has 0 aromatic heterocycles. The van der Waals surface area contributed by atoms with E-state index in [4.69, 9.17) is 4.74 Å². The van der Waals surface area contributed by atoms with Crippen LogP contribution >= 0.6 is 0 Å². The van der Waals surface area contributed by atoms with E-state index in [0.717, 1.165) is 30.6 Å². The second-order valence-electron chi connectivity index (χ2n) is 6.18. The van der Waals surface area contributed by atoms with Crippen LogP contribution in [0.4, 0.5) is 0 Å². The van der Waals surface area contributed by atoms with Crippen LogP contribution in [0.25, 0.3) is 0 Å². The van der Waals surface area contributed by atoms with Crippen LogP contribution in [0.1, 0.15) is 38.7 Å². The highest BCUT2D eigenvalue weighted by Gasteiger charge is 2.19. The molecule has 23 heavy (non-hydrogen) atoms. The Bertz CT molecular complexity index is 526. The molecule has 0 unspecified atom stereocenters. The van der Waals surface area contributed by atoms with Crippen molar-refractivity contribution in [2.45, 2.75) is 45.6 Å². The van der Waals surface area contributed by atoms with Crippen molar-refractivity contribution < 1.29 is 14.3 Å². The summed E-state index contributed by atoms with van der Waals surface area (Å²) >= 11 is 0. The summed E-state index contributed by atoms with van der Waals surface area (Å²) < 4.78 is 5.60. The number of benzene rings is 1. The molecule has 1 saturated heterocycles. The second-order valence-corrected chi connectivity index (χ2v) is 6.18. The van der Waals surface area contributed by atoms with E-state index in [1.807, 2.05) is 38.1 Å². The summed E-state index contributed by atoms with van der Waals surface area (Å²) in [7, 11) is 0. The fourth-order valence-corrected chi connectivity index (χ4v) is 2.61. The van der Waals surface area contributed by atoms with E-state index in [1.165, 1.54) is 0 Å². The van der Waals surface area contributed by atoms with Gasteiger partial charge in [-0.05, 0) is 50.8 Å². The summed E-state index contributed by atoms with van der Waals surface area (Å²) in [6, 6.07) is 7.92. The van der Waals surface area contributed by atoms with Gasteiger partial charge >= 0.3 is 0 Å². The molecule has 0 saturated carbocycles. The van der Waals surface area contributed by atoms with Gasteiger partial charge in [-0.1, -0.05) is 12.1 Å². The summed E-state index contributed by atoms with van der Waals surface area (Å²) in [6.45, 7) is 5.45. The zero-order valence-corrected chi connectivity index (χ0v) is 14.0. The van der Waals surface area contributed by atoms with Gasteiger partial charge in [0.2, 0.25) is 11.8 Å². The lowest BCUT2D eigenvalue weighted by Gasteiger charge is -2.25. The summed E-state index contributed by atoms with van der Waals surface area (Å²) in [5.74, 6) is 0.864. The Morgan fingerprint density at radius 2 is 2.00 bits per heavy atom. The molecule has 1 aliphatic rings. The molecule has 0 spiro atoms. The largest absolute Gasteiger partial charge is 0.491 e. The average Bonchev–Trinajstić information content (AvgIpc) is 2.51. The van der Waals surface area contributed by atoms with Crippen LogP contribution in [0.3, 0.4) is 0 Å². The highest BCUT2D eigenvalue weighted by Crippen LogP contribution is 2.14. The minimum atomic E-state index is -0.0833. The molecule has 0 aliphatic carbocycles. The number of piperidine rings is 1. The van der Waals surface area contributed by atoms with Gasteiger partial charge in [0.1, 0.15) is 5.75 Å². The Balaban J connectivity index is 1.69. The van der Waals surface area contributed by atoms with Crippen LogP contribution in [0, 0.1) is 0 Å². The van der Waals surface area contributed by atoms with Crippen molar-refractivity contribution in [1.82, 2.24) is 10.2 Å². The molecule has 1 heterocycles. The number of likely N-dealkylation sites (tertiary alicyclic amines) is 1. The van der Waals surface area contributed by atoms with Gasteiger partial charge in [-0.2, -0.15) is 0 Å². The number of nitrogens with one attached hydrogen (secondary N) is 1. The standard InChI is InChI=1S/C18H26N2O3/c1-14(2)23-16-8-6-15(7-9-16)10-11-19-17(21)13-20-12-4-3-5-18(20)22/h6-9,14H,3-5,10-13H2,1-2H3,(H,19,21). The predicted octanol–water partition coefficient (Wildman–Crippen LogP) is 2.14. The molecular formula is C18H26N2O3. The number of ether oxygens (including phenoxy) is 1. The Hall–Kier alpha value is -2.04. The lowest BCUT2D eigenvalue weighted by Crippen LogP contribution is -2.43. The molecule has 0 atom stereocenters. The molecule has 1 aliphatic heterocycles. The number of nitrogens with zero attached hydrogens (tertiary/aromatic N) is 1. The lowest BCUT2D eigenvalue weighted by molar-refractivity contribution is -0.137. The van der Waals surface area contributed by atoms with Crippen molar-refractivity contribution in [2.75, 3.05) is 19.6 Å². The van der Waals surface area contributed by atoms with Gasteiger partial charge in [-0.15, -0.1) is 0 Å². The smallest absolute Gasteiger partial charge is 0.239 e. The SMILES string of the molecule is CC(C)Oc1ccc(CCNC(=O)CN2CCCCC2=O)cc1. The van der Waals surface area contributed by atoms with Crippen LogP contribution in [0.2, 0.25) is 0 Å². The quantitative estimate of drug-likeness (QED) is 0.838. The zero-order valence-electron chi connectivity index (χ0n) is 14.0. The summed E-state index contributed by atoms with van der Waals surface area (Å²) in [4.78, 5) is 25.2. The highest BCUT2D eigenvalue weighted by atomic mass is 16.5. The van der Waals surface area contributed by atoms with Crippen LogP contribution in [0.5, 0.6) is 5.75 Å². The third-order valence-corrected chi connectivity index (χ3v) is 3.79. The molecule has 0 bridgehead atoms. The van der Waals surface area contributed by atoms with Gasteiger partial charge in [0.15, 0.2) is 0 Å². The van der Waals surface area contributed by atoms with Gasteiger partial charge in [-0.25, -0.2) is 0 Å². The molecule has 2 rings (SSSR count). The van der Waals surface area contributed by atoms with E-state index in [1.54, 1.807) is 4.90 Å². The molecule has 5 nitrogen and oxygen atoms in total. The molecule has 1 N–H and O–H groups in total. The first-order valence-electron chi connectivity index (χ1n) is 8.34. The molecule has 5 heteroatoms. The number of rotatable bonds is 7. The summed E-state index contributed by atoms with van der Waals surface area (Å²) in [6.07, 6.45) is 3.43. The Labute approximate surface area is 138 Å². The number of carbonyl (C=O) groups is 2. The minimum absolute atomic E-state index is 0.0833. The number of hydrogen-bond donors (Lipinski definition) is 1. The number of amides is 2. The molecule has 2 amide bonds. The highest BCUT2D eigenvalue weighted by molar-refractivity contribution is 5.85. The van der Waals surface area contributed by atoms with E-state index in [-0.39, 0.29) is 24.5 Å². The van der Waals surface area contributed by atoms with Crippen molar-refractivity contribution >= 4 is 11.8 Å². The van der Waals surface area contributed by atoms with Crippen LogP contribution in [0.15, 0.2) is 24.3 Å². The third kappa shape index (κ3) is 5.93. The van der Waals surface area contributed by atoms with Gasteiger partial charge in [-0.3, -0.25) is 9.59 Å². The average molecular weight is 318 g/mol. The molecule has 1 aromatic rings. The summed E-state index contributed by atoms with van der Waals surface area (Å²) in [5.41, 5.74) is 1.15. The van der Waals surface area contributed by atoms with Crippen LogP contribution in [-0.4, -0.2) is 42.5 Å². The first-order valence-corrected chi connectivity index (χ1v) is 8.34. The van der Waals surface area contributed by atoms with E-state index in [2.05, 4.69) is 5.32 Å². The monoisotopic (exact) mass is 318 g/mol. The van der Waals surface area contributed by atoms with E-state index in [0.29, 0.717) is 19.5 Å². The van der Waals surface area contributed by atoms with Crippen molar-refractivity contribution in [3.8, 4) is 5.75 Å². The normalized spacial score (nSPS) is 14.9. The number of carbonyl (C=O) groups excluding carboxylic acids is 2. The van der Waals surface area contributed by atoms with Gasteiger partial charge in [0, 0.05) is 19.5 Å². The minimum Gasteiger partial charge on any atom is -0.491 e. The molecular weight excluding hydrogens is 292 g/mol. The second kappa shape index (κ2) is 8.56. The molecule has 0 radical (unpaired) electrons. The molecule has 1 fully saturated rings. The van der Waals surface area contributed by atoms with Gasteiger partial charge in [0.05, 0.1) is 12.6 Å². The Morgan fingerprint density at radius 3 is 2.65 bits per heavy atom.